The highest BCUT2D eigenvalue weighted by Gasteiger charge is 2.45. The van der Waals surface area contributed by atoms with Crippen LogP contribution in [0.5, 0.6) is 0 Å². The van der Waals surface area contributed by atoms with Gasteiger partial charge in [-0.2, -0.15) is 0 Å². The number of likely N-dealkylation sites (tertiary alicyclic amines) is 1. The highest BCUT2D eigenvalue weighted by Crippen LogP contribution is 2.39. The van der Waals surface area contributed by atoms with Crippen molar-refractivity contribution >= 4 is 28.6 Å². The highest BCUT2D eigenvalue weighted by atomic mass is 16.4. The lowest BCUT2D eigenvalue weighted by Crippen LogP contribution is -2.47. The van der Waals surface area contributed by atoms with Gasteiger partial charge < -0.3 is 10.4 Å². The minimum atomic E-state index is -1.00. The van der Waals surface area contributed by atoms with Crippen molar-refractivity contribution in [2.45, 2.75) is 44.6 Å². The minimum absolute atomic E-state index is 0.114. The summed E-state index contributed by atoms with van der Waals surface area (Å²) >= 11 is 0. The second kappa shape index (κ2) is 7.55. The van der Waals surface area contributed by atoms with Crippen molar-refractivity contribution in [3.8, 4) is 0 Å². The van der Waals surface area contributed by atoms with Crippen LogP contribution in [0.25, 0.3) is 10.9 Å². The number of nitrogens with one attached hydrogen (secondary N) is 1. The molecule has 1 saturated heterocycles. The average Bonchev–Trinajstić information content (AvgIpc) is 3.14. The molecule has 2 amide bonds. The molecule has 2 atom stereocenters. The molecule has 2 aliphatic rings. The summed E-state index contributed by atoms with van der Waals surface area (Å²) in [5.74, 6) is 0.344. The molecule has 1 saturated carbocycles. The third-order valence-electron chi connectivity index (χ3n) is 6.08. The molecule has 0 radical (unpaired) electrons. The van der Waals surface area contributed by atoms with Gasteiger partial charge >= 0.3 is 6.09 Å². The topological polar surface area (TPSA) is 82.5 Å². The number of fused-ring (bicyclic) bond motifs is 1. The lowest BCUT2D eigenvalue weighted by atomic mass is 9.76. The van der Waals surface area contributed by atoms with E-state index in [2.05, 4.69) is 10.3 Å². The Bertz CT molecular complexity index is 847. The smallest absolute Gasteiger partial charge is 0.407 e. The Morgan fingerprint density at radius 1 is 1.11 bits per heavy atom. The van der Waals surface area contributed by atoms with Gasteiger partial charge in [0.05, 0.1) is 5.52 Å². The normalized spacial score (nSPS) is 23.5. The average molecular weight is 367 g/mol. The van der Waals surface area contributed by atoms with Crippen LogP contribution < -0.4 is 5.32 Å². The Morgan fingerprint density at radius 2 is 1.93 bits per heavy atom. The van der Waals surface area contributed by atoms with Crippen molar-refractivity contribution in [2.75, 3.05) is 11.9 Å². The van der Waals surface area contributed by atoms with Gasteiger partial charge in [0.1, 0.15) is 6.04 Å². The molecule has 6 nitrogen and oxygen atoms in total. The first-order valence-corrected chi connectivity index (χ1v) is 9.79. The fraction of sp³-hybridized carbons (Fsp3) is 0.476. The number of carbonyl (C=O) groups is 2. The van der Waals surface area contributed by atoms with Crippen LogP contribution in [0.2, 0.25) is 0 Å². The number of amides is 2. The summed E-state index contributed by atoms with van der Waals surface area (Å²) in [5.41, 5.74) is 1.55. The first kappa shape index (κ1) is 17.8. The highest BCUT2D eigenvalue weighted by molar-refractivity contribution is 5.98. The van der Waals surface area contributed by atoms with E-state index in [1.165, 1.54) is 24.2 Å². The molecule has 0 spiro atoms. The van der Waals surface area contributed by atoms with E-state index < -0.39 is 12.1 Å². The van der Waals surface area contributed by atoms with E-state index in [9.17, 15) is 14.7 Å². The number of pyridine rings is 1. The van der Waals surface area contributed by atoms with Gasteiger partial charge in [0.25, 0.3) is 0 Å². The quantitative estimate of drug-likeness (QED) is 0.855. The SMILES string of the molecule is O=C(Nc1ccc2ncccc2c1)[C@@H]1[C@@H](C2CCCCC2)CCN1C(=O)O. The van der Waals surface area contributed by atoms with Crippen LogP contribution in [0.4, 0.5) is 10.5 Å². The molecule has 2 aromatic rings. The first-order chi connectivity index (χ1) is 13.1. The number of carbonyl (C=O) groups excluding carboxylic acids is 1. The molecule has 1 aromatic heterocycles. The van der Waals surface area contributed by atoms with Gasteiger partial charge in [0.2, 0.25) is 5.91 Å². The van der Waals surface area contributed by atoms with Crippen molar-refractivity contribution < 1.29 is 14.7 Å². The van der Waals surface area contributed by atoms with E-state index in [4.69, 9.17) is 0 Å². The molecule has 142 valence electrons. The van der Waals surface area contributed by atoms with E-state index in [0.717, 1.165) is 30.2 Å². The number of aromatic nitrogens is 1. The van der Waals surface area contributed by atoms with Crippen LogP contribution in [0, 0.1) is 11.8 Å². The van der Waals surface area contributed by atoms with E-state index in [1.54, 1.807) is 6.20 Å². The maximum atomic E-state index is 13.1. The summed E-state index contributed by atoms with van der Waals surface area (Å²) in [7, 11) is 0. The molecule has 1 aromatic carbocycles. The largest absolute Gasteiger partial charge is 0.465 e. The van der Waals surface area contributed by atoms with Gasteiger partial charge in [-0.05, 0) is 42.5 Å². The zero-order valence-electron chi connectivity index (χ0n) is 15.3. The van der Waals surface area contributed by atoms with Gasteiger partial charge in [-0.15, -0.1) is 0 Å². The molecule has 2 N–H and O–H groups in total. The molecular formula is C21H25N3O3. The van der Waals surface area contributed by atoms with Crippen molar-refractivity contribution in [1.82, 2.24) is 9.88 Å². The van der Waals surface area contributed by atoms with Crippen molar-refractivity contribution in [3.63, 3.8) is 0 Å². The lowest BCUT2D eigenvalue weighted by Gasteiger charge is -2.32. The monoisotopic (exact) mass is 367 g/mol. The maximum absolute atomic E-state index is 13.1. The van der Waals surface area contributed by atoms with E-state index in [0.29, 0.717) is 18.2 Å². The second-order valence-corrected chi connectivity index (χ2v) is 7.67. The fourth-order valence-corrected chi connectivity index (χ4v) is 4.79. The molecule has 2 fully saturated rings. The van der Waals surface area contributed by atoms with Gasteiger partial charge in [-0.1, -0.05) is 38.2 Å². The number of rotatable bonds is 3. The molecule has 0 unspecified atom stereocenters. The standard InChI is InChI=1S/C21H25N3O3/c25-20(23-16-8-9-18-15(13-16)7-4-11-22-18)19-17(10-12-24(19)21(26)27)14-5-2-1-3-6-14/h4,7-9,11,13-14,17,19H,1-3,5-6,10,12H2,(H,23,25)(H,26,27)/t17-,19+/m1/s1. The van der Waals surface area contributed by atoms with Crippen molar-refractivity contribution in [2.24, 2.45) is 11.8 Å². The summed E-state index contributed by atoms with van der Waals surface area (Å²) in [6.07, 6.45) is 7.31. The molecule has 4 rings (SSSR count). The summed E-state index contributed by atoms with van der Waals surface area (Å²) in [4.78, 5) is 30.4. The Hall–Kier alpha value is -2.63. The number of anilines is 1. The number of nitrogens with zero attached hydrogens (tertiary/aromatic N) is 2. The Morgan fingerprint density at radius 3 is 2.70 bits per heavy atom. The Labute approximate surface area is 158 Å². The molecule has 1 aliphatic heterocycles. The summed E-state index contributed by atoms with van der Waals surface area (Å²) in [6, 6.07) is 8.78. The third kappa shape index (κ3) is 3.61. The molecule has 2 heterocycles. The van der Waals surface area contributed by atoms with Crippen LogP contribution >= 0.6 is 0 Å². The van der Waals surface area contributed by atoms with Gasteiger partial charge in [-0.25, -0.2) is 4.79 Å². The predicted molar refractivity (Wildman–Crippen MR) is 104 cm³/mol. The van der Waals surface area contributed by atoms with Gasteiger partial charge in [-0.3, -0.25) is 14.7 Å². The lowest BCUT2D eigenvalue weighted by molar-refractivity contribution is -0.121. The van der Waals surface area contributed by atoms with Crippen LogP contribution in [-0.2, 0) is 4.79 Å². The van der Waals surface area contributed by atoms with Gasteiger partial charge in [0.15, 0.2) is 0 Å². The molecular weight excluding hydrogens is 342 g/mol. The first-order valence-electron chi connectivity index (χ1n) is 9.79. The van der Waals surface area contributed by atoms with Crippen molar-refractivity contribution in [1.29, 1.82) is 0 Å². The zero-order chi connectivity index (χ0) is 18.8. The van der Waals surface area contributed by atoms with Crippen LogP contribution in [0.1, 0.15) is 38.5 Å². The molecule has 27 heavy (non-hydrogen) atoms. The Balaban J connectivity index is 1.56. The number of hydrogen-bond donors (Lipinski definition) is 2. The number of carboxylic acid groups (broad SMARTS) is 1. The second-order valence-electron chi connectivity index (χ2n) is 7.67. The van der Waals surface area contributed by atoms with E-state index in [-0.39, 0.29) is 11.8 Å². The summed E-state index contributed by atoms with van der Waals surface area (Å²) < 4.78 is 0. The van der Waals surface area contributed by atoms with Gasteiger partial charge in [0, 0.05) is 23.8 Å². The molecule has 1 aliphatic carbocycles. The molecule has 6 heteroatoms. The summed E-state index contributed by atoms with van der Waals surface area (Å²) in [6.45, 7) is 0.441. The van der Waals surface area contributed by atoms with Crippen LogP contribution in [0.3, 0.4) is 0 Å². The summed E-state index contributed by atoms with van der Waals surface area (Å²) in [5, 5.41) is 13.5. The Kier molecular flexibility index (Phi) is 4.97. The van der Waals surface area contributed by atoms with Crippen LogP contribution in [0.15, 0.2) is 36.5 Å². The maximum Gasteiger partial charge on any atom is 0.407 e. The van der Waals surface area contributed by atoms with Crippen molar-refractivity contribution in [3.05, 3.63) is 36.5 Å². The van der Waals surface area contributed by atoms with Crippen LogP contribution in [-0.4, -0.2) is 39.6 Å². The number of benzene rings is 1. The fourth-order valence-electron chi connectivity index (χ4n) is 4.79. The van der Waals surface area contributed by atoms with E-state index >= 15 is 0 Å². The zero-order valence-corrected chi connectivity index (χ0v) is 15.3. The third-order valence-corrected chi connectivity index (χ3v) is 6.08. The predicted octanol–water partition coefficient (Wildman–Crippen LogP) is 4.12. The number of hydrogen-bond acceptors (Lipinski definition) is 3. The minimum Gasteiger partial charge on any atom is -0.465 e. The van der Waals surface area contributed by atoms with E-state index in [1.807, 2.05) is 30.3 Å². The molecule has 0 bridgehead atoms.